The molecule has 0 radical (unpaired) electrons. The molecule has 1 N–H and O–H groups in total. The van der Waals surface area contributed by atoms with Crippen LogP contribution in [0.4, 0.5) is 13.2 Å². The minimum atomic E-state index is -4.33. The average Bonchev–Trinajstić information content (AvgIpc) is 2.84. The SMILES string of the molecule is CCNC(Cc1nc(CC(F)(F)F)no1)c1ccccc1. The van der Waals surface area contributed by atoms with Gasteiger partial charge in [-0.1, -0.05) is 42.4 Å². The summed E-state index contributed by atoms with van der Waals surface area (Å²) in [6.45, 7) is 2.68. The van der Waals surface area contributed by atoms with Gasteiger partial charge in [0.2, 0.25) is 5.89 Å². The van der Waals surface area contributed by atoms with E-state index in [0.29, 0.717) is 6.42 Å². The number of aromatic nitrogens is 2. The molecule has 2 rings (SSSR count). The molecule has 2 aromatic rings. The van der Waals surface area contributed by atoms with E-state index in [1.165, 1.54) is 0 Å². The van der Waals surface area contributed by atoms with Crippen molar-refractivity contribution in [3.05, 3.63) is 47.6 Å². The lowest BCUT2D eigenvalue weighted by atomic mass is 10.0. The fourth-order valence-corrected chi connectivity index (χ4v) is 2.04. The molecule has 0 amide bonds. The molecule has 1 heterocycles. The minimum Gasteiger partial charge on any atom is -0.339 e. The van der Waals surface area contributed by atoms with Gasteiger partial charge in [-0.05, 0) is 12.1 Å². The Morgan fingerprint density at radius 2 is 1.95 bits per heavy atom. The van der Waals surface area contributed by atoms with Gasteiger partial charge in [0.1, 0.15) is 6.42 Å². The van der Waals surface area contributed by atoms with Crippen molar-refractivity contribution in [2.45, 2.75) is 32.0 Å². The molecule has 1 unspecified atom stereocenters. The van der Waals surface area contributed by atoms with E-state index in [0.717, 1.165) is 12.1 Å². The van der Waals surface area contributed by atoms with Crippen LogP contribution in [0.5, 0.6) is 0 Å². The second-order valence-corrected chi connectivity index (χ2v) is 4.62. The first-order chi connectivity index (χ1) is 9.98. The van der Waals surface area contributed by atoms with E-state index in [-0.39, 0.29) is 17.8 Å². The lowest BCUT2D eigenvalue weighted by Crippen LogP contribution is -2.23. The van der Waals surface area contributed by atoms with Crippen molar-refractivity contribution in [1.82, 2.24) is 15.5 Å². The van der Waals surface area contributed by atoms with Crippen LogP contribution in [0.1, 0.15) is 30.2 Å². The number of halogens is 3. The van der Waals surface area contributed by atoms with Gasteiger partial charge in [-0.3, -0.25) is 0 Å². The summed E-state index contributed by atoms with van der Waals surface area (Å²) in [5, 5.41) is 6.63. The molecule has 1 aromatic heterocycles. The number of hydrogen-bond acceptors (Lipinski definition) is 4. The van der Waals surface area contributed by atoms with Crippen LogP contribution in [0.3, 0.4) is 0 Å². The number of nitrogens with one attached hydrogen (secondary N) is 1. The Morgan fingerprint density at radius 3 is 2.57 bits per heavy atom. The summed E-state index contributed by atoms with van der Waals surface area (Å²) in [6, 6.07) is 9.53. The molecular formula is C14H16F3N3O. The number of likely N-dealkylation sites (N-methyl/N-ethyl adjacent to an activating group) is 1. The molecule has 4 nitrogen and oxygen atoms in total. The second-order valence-electron chi connectivity index (χ2n) is 4.62. The van der Waals surface area contributed by atoms with E-state index < -0.39 is 12.6 Å². The summed E-state index contributed by atoms with van der Waals surface area (Å²) in [4.78, 5) is 3.81. The standard InChI is InChI=1S/C14H16F3N3O/c1-2-18-11(10-6-4-3-5-7-10)8-13-19-12(20-21-13)9-14(15,16)17/h3-7,11,18H,2,8-9H2,1H3. The number of rotatable bonds is 6. The van der Waals surface area contributed by atoms with Gasteiger partial charge in [-0.15, -0.1) is 0 Å². The van der Waals surface area contributed by atoms with Crippen molar-refractivity contribution < 1.29 is 17.7 Å². The molecule has 0 aliphatic heterocycles. The lowest BCUT2D eigenvalue weighted by molar-refractivity contribution is -0.128. The fourth-order valence-electron chi connectivity index (χ4n) is 2.04. The molecule has 7 heteroatoms. The number of nitrogens with zero attached hydrogens (tertiary/aromatic N) is 2. The highest BCUT2D eigenvalue weighted by atomic mass is 19.4. The highest BCUT2D eigenvalue weighted by Crippen LogP contribution is 2.21. The van der Waals surface area contributed by atoms with Crippen LogP contribution in [0.2, 0.25) is 0 Å². The zero-order valence-electron chi connectivity index (χ0n) is 11.5. The van der Waals surface area contributed by atoms with Crippen LogP contribution in [-0.4, -0.2) is 22.9 Å². The van der Waals surface area contributed by atoms with E-state index in [9.17, 15) is 13.2 Å². The Hall–Kier alpha value is -1.89. The van der Waals surface area contributed by atoms with Crippen LogP contribution in [0.15, 0.2) is 34.9 Å². The Balaban J connectivity index is 2.07. The molecule has 0 bridgehead atoms. The zero-order chi connectivity index (χ0) is 15.3. The topological polar surface area (TPSA) is 51.0 Å². The third-order valence-electron chi connectivity index (χ3n) is 2.90. The van der Waals surface area contributed by atoms with E-state index in [1.54, 1.807) is 0 Å². The number of hydrogen-bond donors (Lipinski definition) is 1. The molecule has 1 atom stereocenters. The highest BCUT2D eigenvalue weighted by molar-refractivity contribution is 5.19. The molecule has 1 aromatic carbocycles. The highest BCUT2D eigenvalue weighted by Gasteiger charge is 2.30. The molecule has 0 aliphatic rings. The van der Waals surface area contributed by atoms with Crippen molar-refractivity contribution in [1.29, 1.82) is 0 Å². The van der Waals surface area contributed by atoms with Crippen LogP contribution in [0, 0.1) is 0 Å². The van der Waals surface area contributed by atoms with Gasteiger partial charge < -0.3 is 9.84 Å². The summed E-state index contributed by atoms with van der Waals surface area (Å²) in [6.07, 6.45) is -5.15. The van der Waals surface area contributed by atoms with Crippen molar-refractivity contribution >= 4 is 0 Å². The van der Waals surface area contributed by atoms with Crippen LogP contribution in [0.25, 0.3) is 0 Å². The minimum absolute atomic E-state index is 0.0737. The maximum absolute atomic E-state index is 12.3. The summed E-state index contributed by atoms with van der Waals surface area (Å²) < 4.78 is 41.7. The first-order valence-electron chi connectivity index (χ1n) is 6.64. The van der Waals surface area contributed by atoms with Gasteiger partial charge in [0.25, 0.3) is 0 Å². The summed E-state index contributed by atoms with van der Waals surface area (Å²) in [7, 11) is 0. The molecule has 0 aliphatic carbocycles. The summed E-state index contributed by atoms with van der Waals surface area (Å²) >= 11 is 0. The van der Waals surface area contributed by atoms with Crippen LogP contribution in [-0.2, 0) is 12.8 Å². The number of benzene rings is 1. The predicted octanol–water partition coefficient (Wildman–Crippen LogP) is 3.07. The van der Waals surface area contributed by atoms with Crippen molar-refractivity contribution in [3.63, 3.8) is 0 Å². The third-order valence-corrected chi connectivity index (χ3v) is 2.90. The van der Waals surface area contributed by atoms with E-state index in [2.05, 4.69) is 15.5 Å². The first-order valence-corrected chi connectivity index (χ1v) is 6.64. The Labute approximate surface area is 120 Å². The fraction of sp³-hybridized carbons (Fsp3) is 0.429. The maximum Gasteiger partial charge on any atom is 0.396 e. The Bertz CT molecular complexity index is 554. The van der Waals surface area contributed by atoms with Crippen molar-refractivity contribution in [2.75, 3.05) is 6.54 Å². The molecule has 21 heavy (non-hydrogen) atoms. The van der Waals surface area contributed by atoms with Crippen LogP contribution < -0.4 is 5.32 Å². The molecular weight excluding hydrogens is 283 g/mol. The molecule has 114 valence electrons. The van der Waals surface area contributed by atoms with Crippen molar-refractivity contribution in [3.8, 4) is 0 Å². The van der Waals surface area contributed by atoms with Gasteiger partial charge in [0, 0.05) is 12.5 Å². The quantitative estimate of drug-likeness (QED) is 0.890. The zero-order valence-corrected chi connectivity index (χ0v) is 11.5. The predicted molar refractivity (Wildman–Crippen MR) is 70.6 cm³/mol. The summed E-state index contributed by atoms with van der Waals surface area (Å²) in [5.74, 6) is -0.134. The maximum atomic E-state index is 12.3. The molecule has 0 spiro atoms. The lowest BCUT2D eigenvalue weighted by Gasteiger charge is -2.16. The third kappa shape index (κ3) is 4.86. The van der Waals surface area contributed by atoms with E-state index >= 15 is 0 Å². The summed E-state index contributed by atoms with van der Waals surface area (Å²) in [5.41, 5.74) is 1.02. The van der Waals surface area contributed by atoms with Crippen molar-refractivity contribution in [2.24, 2.45) is 0 Å². The molecule has 0 saturated carbocycles. The Kier molecular flexibility index (Phi) is 4.95. The van der Waals surface area contributed by atoms with Gasteiger partial charge in [-0.2, -0.15) is 18.2 Å². The van der Waals surface area contributed by atoms with Gasteiger partial charge >= 0.3 is 6.18 Å². The van der Waals surface area contributed by atoms with E-state index in [4.69, 9.17) is 4.52 Å². The average molecular weight is 299 g/mol. The number of alkyl halides is 3. The van der Waals surface area contributed by atoms with Gasteiger partial charge in [-0.25, -0.2) is 0 Å². The Morgan fingerprint density at radius 1 is 1.24 bits per heavy atom. The largest absolute Gasteiger partial charge is 0.396 e. The molecule has 0 saturated heterocycles. The smallest absolute Gasteiger partial charge is 0.339 e. The normalized spacial score (nSPS) is 13.3. The van der Waals surface area contributed by atoms with E-state index in [1.807, 2.05) is 37.3 Å². The second kappa shape index (κ2) is 6.71. The first kappa shape index (κ1) is 15.5. The van der Waals surface area contributed by atoms with Crippen LogP contribution >= 0.6 is 0 Å². The molecule has 0 fully saturated rings. The monoisotopic (exact) mass is 299 g/mol. The van der Waals surface area contributed by atoms with Gasteiger partial charge in [0.05, 0.1) is 0 Å². The van der Waals surface area contributed by atoms with Gasteiger partial charge in [0.15, 0.2) is 5.82 Å².